The van der Waals surface area contributed by atoms with E-state index >= 15 is 0 Å². The van der Waals surface area contributed by atoms with Crippen molar-refractivity contribution >= 4 is 0 Å². The van der Waals surface area contributed by atoms with Crippen molar-refractivity contribution in [2.45, 2.75) is 95.9 Å². The molecule has 2 saturated heterocycles. The van der Waals surface area contributed by atoms with E-state index in [1.54, 1.807) is 0 Å². The third-order valence-corrected chi connectivity index (χ3v) is 11.8. The first-order valence-corrected chi connectivity index (χ1v) is 13.8. The Kier molecular flexibility index (Phi) is 5.70. The summed E-state index contributed by atoms with van der Waals surface area (Å²) in [6, 6.07) is 0.873. The van der Waals surface area contributed by atoms with E-state index < -0.39 is 0 Å². The van der Waals surface area contributed by atoms with Gasteiger partial charge >= 0.3 is 0 Å². The molecule has 10 atom stereocenters. The molecule has 2 N–H and O–H groups in total. The van der Waals surface area contributed by atoms with Gasteiger partial charge in [0.1, 0.15) is 0 Å². The minimum Gasteiger partial charge on any atom is -0.393 e. The molecule has 0 aromatic rings. The summed E-state index contributed by atoms with van der Waals surface area (Å²) in [6.07, 6.45) is 10.5. The summed E-state index contributed by atoms with van der Waals surface area (Å²) in [5.74, 6) is 2.79. The van der Waals surface area contributed by atoms with Gasteiger partial charge in [0.15, 0.2) is 0 Å². The quantitative estimate of drug-likeness (QED) is 0.683. The SMILES string of the molecule is C[C@]12CC[C@H]3[C@@H](CC[C@H]4C[C@H](O)CC(N5CCOCC5)[C@@]43C)[C@@H]1C[C@H](N1CCCC1)[C@@H]2O. The molecule has 6 rings (SSSR count). The Morgan fingerprint density at radius 3 is 2.31 bits per heavy atom. The molecular weight excluding hydrogens is 400 g/mol. The summed E-state index contributed by atoms with van der Waals surface area (Å²) >= 11 is 0. The highest BCUT2D eigenvalue weighted by molar-refractivity contribution is 5.15. The van der Waals surface area contributed by atoms with Gasteiger partial charge in [-0.1, -0.05) is 13.8 Å². The summed E-state index contributed by atoms with van der Waals surface area (Å²) in [4.78, 5) is 5.32. The van der Waals surface area contributed by atoms with Gasteiger partial charge in [-0.15, -0.1) is 0 Å². The number of rotatable bonds is 2. The summed E-state index contributed by atoms with van der Waals surface area (Å²) in [5.41, 5.74) is 0.387. The zero-order chi connectivity index (χ0) is 22.1. The molecule has 0 aromatic heterocycles. The Morgan fingerprint density at radius 1 is 0.812 bits per heavy atom. The Labute approximate surface area is 194 Å². The predicted molar refractivity (Wildman–Crippen MR) is 125 cm³/mol. The van der Waals surface area contributed by atoms with E-state index in [1.165, 1.54) is 58.0 Å². The molecule has 4 aliphatic carbocycles. The van der Waals surface area contributed by atoms with Gasteiger partial charge in [0, 0.05) is 25.2 Å². The molecular formula is C27H46N2O3. The van der Waals surface area contributed by atoms with Crippen LogP contribution in [-0.2, 0) is 4.74 Å². The van der Waals surface area contributed by atoms with E-state index in [0.717, 1.165) is 51.0 Å². The number of hydrogen-bond donors (Lipinski definition) is 2. The molecule has 5 heteroatoms. The van der Waals surface area contributed by atoms with Crippen molar-refractivity contribution in [1.82, 2.24) is 9.80 Å². The fourth-order valence-electron chi connectivity index (χ4n) is 10.1. The Balaban J connectivity index is 1.30. The Morgan fingerprint density at radius 2 is 1.56 bits per heavy atom. The lowest BCUT2D eigenvalue weighted by Crippen LogP contribution is -2.64. The average molecular weight is 447 g/mol. The lowest BCUT2D eigenvalue weighted by molar-refractivity contribution is -0.175. The molecule has 0 bridgehead atoms. The van der Waals surface area contributed by atoms with Gasteiger partial charge in [0.2, 0.25) is 0 Å². The van der Waals surface area contributed by atoms with Gasteiger partial charge in [-0.2, -0.15) is 0 Å². The topological polar surface area (TPSA) is 56.2 Å². The molecule has 32 heavy (non-hydrogen) atoms. The molecule has 0 aromatic carbocycles. The maximum Gasteiger partial charge on any atom is 0.0751 e. The van der Waals surface area contributed by atoms with Crippen LogP contribution in [0.5, 0.6) is 0 Å². The first-order valence-electron chi connectivity index (χ1n) is 13.8. The molecule has 5 nitrogen and oxygen atoms in total. The molecule has 1 unspecified atom stereocenters. The van der Waals surface area contributed by atoms with E-state index in [-0.39, 0.29) is 23.0 Å². The standard InChI is InChI=1S/C27H46N2O3/c1-26-8-7-21-20(22(26)17-23(25(26)31)28-9-3-4-10-28)6-5-18-15-19(30)16-24(27(18,21)2)29-11-13-32-14-12-29/h18-25,30-31H,3-17H2,1-2H3/t18-,19-,20+,21-,22-,23-,24?,25-,26-,27-/m0/s1. The van der Waals surface area contributed by atoms with Crippen LogP contribution < -0.4 is 0 Å². The van der Waals surface area contributed by atoms with E-state index in [2.05, 4.69) is 23.6 Å². The van der Waals surface area contributed by atoms with Crippen molar-refractivity contribution in [3.05, 3.63) is 0 Å². The first-order chi connectivity index (χ1) is 15.4. The van der Waals surface area contributed by atoms with Crippen LogP contribution in [-0.4, -0.2) is 83.7 Å². The zero-order valence-electron chi connectivity index (χ0n) is 20.4. The van der Waals surface area contributed by atoms with Crippen molar-refractivity contribution in [3.8, 4) is 0 Å². The normalized spacial score (nSPS) is 54.8. The number of likely N-dealkylation sites (tertiary alicyclic amines) is 1. The number of nitrogens with zero attached hydrogens (tertiary/aromatic N) is 2. The Bertz CT molecular complexity index is 692. The van der Waals surface area contributed by atoms with Gasteiger partial charge < -0.3 is 14.9 Å². The molecule has 6 fully saturated rings. The molecule has 4 saturated carbocycles. The largest absolute Gasteiger partial charge is 0.393 e. The van der Waals surface area contributed by atoms with Crippen LogP contribution in [0.4, 0.5) is 0 Å². The number of fused-ring (bicyclic) bond motifs is 5. The van der Waals surface area contributed by atoms with Crippen LogP contribution in [0.2, 0.25) is 0 Å². The third-order valence-electron chi connectivity index (χ3n) is 11.8. The van der Waals surface area contributed by atoms with Crippen LogP contribution in [0.1, 0.15) is 71.6 Å². The summed E-state index contributed by atoms with van der Waals surface area (Å²) in [7, 11) is 0. The van der Waals surface area contributed by atoms with Crippen molar-refractivity contribution in [1.29, 1.82) is 0 Å². The predicted octanol–water partition coefficient (Wildman–Crippen LogP) is 3.14. The number of aliphatic hydroxyl groups excluding tert-OH is 2. The first kappa shape index (κ1) is 22.3. The van der Waals surface area contributed by atoms with Crippen molar-refractivity contribution in [2.75, 3.05) is 39.4 Å². The lowest BCUT2D eigenvalue weighted by Gasteiger charge is -2.64. The molecule has 6 aliphatic rings. The van der Waals surface area contributed by atoms with E-state index in [0.29, 0.717) is 23.9 Å². The smallest absolute Gasteiger partial charge is 0.0751 e. The highest BCUT2D eigenvalue weighted by atomic mass is 16.5. The zero-order valence-corrected chi connectivity index (χ0v) is 20.4. The second-order valence-electron chi connectivity index (χ2n) is 12.8. The lowest BCUT2D eigenvalue weighted by atomic mass is 9.43. The highest BCUT2D eigenvalue weighted by Crippen LogP contribution is 2.67. The van der Waals surface area contributed by atoms with Gasteiger partial charge in [-0.3, -0.25) is 9.80 Å². The molecule has 2 aliphatic heterocycles. The van der Waals surface area contributed by atoms with Gasteiger partial charge in [0.05, 0.1) is 25.4 Å². The second-order valence-corrected chi connectivity index (χ2v) is 12.8. The molecule has 182 valence electrons. The number of hydrogen-bond acceptors (Lipinski definition) is 5. The highest BCUT2D eigenvalue weighted by Gasteiger charge is 2.65. The third kappa shape index (κ3) is 3.21. The van der Waals surface area contributed by atoms with Crippen LogP contribution in [0.3, 0.4) is 0 Å². The Hall–Kier alpha value is -0.200. The van der Waals surface area contributed by atoms with Crippen molar-refractivity contribution in [3.63, 3.8) is 0 Å². The maximum absolute atomic E-state index is 11.6. The minimum atomic E-state index is -0.153. The summed E-state index contributed by atoms with van der Waals surface area (Å²) in [5, 5.41) is 22.4. The summed E-state index contributed by atoms with van der Waals surface area (Å²) in [6.45, 7) is 11.2. The van der Waals surface area contributed by atoms with Crippen LogP contribution in [0, 0.1) is 34.5 Å². The average Bonchev–Trinajstić information content (AvgIpc) is 3.41. The summed E-state index contributed by atoms with van der Waals surface area (Å²) < 4.78 is 5.70. The van der Waals surface area contributed by atoms with E-state index in [9.17, 15) is 10.2 Å². The monoisotopic (exact) mass is 446 g/mol. The number of morpholine rings is 1. The van der Waals surface area contributed by atoms with Crippen LogP contribution in [0.25, 0.3) is 0 Å². The minimum absolute atomic E-state index is 0.0975. The van der Waals surface area contributed by atoms with Gasteiger partial charge in [-0.05, 0) is 105 Å². The van der Waals surface area contributed by atoms with Gasteiger partial charge in [-0.25, -0.2) is 0 Å². The molecule has 2 heterocycles. The fourth-order valence-corrected chi connectivity index (χ4v) is 10.1. The molecule has 0 spiro atoms. The fraction of sp³-hybridized carbons (Fsp3) is 1.00. The van der Waals surface area contributed by atoms with E-state index in [1.807, 2.05) is 0 Å². The van der Waals surface area contributed by atoms with Crippen LogP contribution >= 0.6 is 0 Å². The number of aliphatic hydroxyl groups is 2. The maximum atomic E-state index is 11.6. The van der Waals surface area contributed by atoms with E-state index in [4.69, 9.17) is 4.74 Å². The van der Waals surface area contributed by atoms with Crippen molar-refractivity contribution in [2.24, 2.45) is 34.5 Å². The van der Waals surface area contributed by atoms with Crippen molar-refractivity contribution < 1.29 is 14.9 Å². The van der Waals surface area contributed by atoms with Gasteiger partial charge in [0.25, 0.3) is 0 Å². The molecule has 0 amide bonds. The van der Waals surface area contributed by atoms with Crippen LogP contribution in [0.15, 0.2) is 0 Å². The second kappa shape index (κ2) is 8.19. The number of ether oxygens (including phenoxy) is 1. The molecule has 0 radical (unpaired) electrons.